The lowest BCUT2D eigenvalue weighted by Gasteiger charge is -2.25. The molecular formula is C19H15BrN4O5. The van der Waals surface area contributed by atoms with E-state index >= 15 is 0 Å². The van der Waals surface area contributed by atoms with Crippen molar-refractivity contribution in [2.75, 3.05) is 13.2 Å². The second-order valence-corrected chi connectivity index (χ2v) is 7.10. The Balaban J connectivity index is 1.36. The van der Waals surface area contributed by atoms with E-state index < -0.39 is 17.9 Å². The molecule has 10 heteroatoms. The summed E-state index contributed by atoms with van der Waals surface area (Å²) in [5, 5.41) is 20.4. The summed E-state index contributed by atoms with van der Waals surface area (Å²) in [6.07, 6.45) is -0.871. The van der Waals surface area contributed by atoms with E-state index in [1.165, 1.54) is 0 Å². The van der Waals surface area contributed by atoms with Crippen LogP contribution in [0.3, 0.4) is 0 Å². The summed E-state index contributed by atoms with van der Waals surface area (Å²) in [5.74, 6) is -0.358. The van der Waals surface area contributed by atoms with E-state index in [-0.39, 0.29) is 24.7 Å². The number of azo groups is 1. The first-order valence-corrected chi connectivity index (χ1v) is 9.41. The fourth-order valence-corrected chi connectivity index (χ4v) is 3.16. The number of aromatic nitrogens is 1. The molecule has 1 aliphatic rings. The maximum absolute atomic E-state index is 12.2. The topological polar surface area (TPSA) is 125 Å². The molecule has 0 radical (unpaired) electrons. The molecule has 3 aromatic rings. The summed E-state index contributed by atoms with van der Waals surface area (Å²) in [4.78, 5) is 27.0. The van der Waals surface area contributed by atoms with Gasteiger partial charge in [-0.25, -0.2) is 0 Å². The molecule has 2 amide bonds. The molecule has 2 heterocycles. The molecule has 0 saturated heterocycles. The summed E-state index contributed by atoms with van der Waals surface area (Å²) in [7, 11) is 0. The zero-order chi connectivity index (χ0) is 20.4. The molecule has 0 aliphatic carbocycles. The number of hydrogen-bond acceptors (Lipinski definition) is 6. The van der Waals surface area contributed by atoms with E-state index in [1.54, 1.807) is 42.5 Å². The van der Waals surface area contributed by atoms with E-state index in [9.17, 15) is 14.7 Å². The maximum Gasteiger partial charge on any atom is 0.283 e. The van der Waals surface area contributed by atoms with Gasteiger partial charge < -0.3 is 24.9 Å². The summed E-state index contributed by atoms with van der Waals surface area (Å²) < 4.78 is 11.8. The Morgan fingerprint density at radius 1 is 1.24 bits per heavy atom. The number of aromatic hydroxyl groups is 1. The number of nitrogens with one attached hydrogen (secondary N) is 2. The number of aromatic amines is 1. The Labute approximate surface area is 172 Å². The second kappa shape index (κ2) is 7.92. The Kier molecular flexibility index (Phi) is 5.17. The molecule has 9 nitrogen and oxygen atoms in total. The monoisotopic (exact) mass is 458 g/mol. The average molecular weight is 459 g/mol. The lowest BCUT2D eigenvalue weighted by molar-refractivity contribution is -0.132. The molecule has 1 aromatic heterocycles. The molecular weight excluding hydrogens is 444 g/mol. The smallest absolute Gasteiger partial charge is 0.283 e. The van der Waals surface area contributed by atoms with E-state index in [0.29, 0.717) is 22.4 Å². The van der Waals surface area contributed by atoms with Crippen molar-refractivity contribution < 1.29 is 24.2 Å². The SMILES string of the molecule is O=C(CNC(=O)[C@@H]1COc2ccccc2O1)N=Nc1c(O)[nH]c2ccc(Br)cc12. The summed E-state index contributed by atoms with van der Waals surface area (Å²) in [5.41, 5.74) is 0.789. The van der Waals surface area contributed by atoms with Crippen LogP contribution >= 0.6 is 15.9 Å². The quantitative estimate of drug-likeness (QED) is 0.517. The van der Waals surface area contributed by atoms with E-state index in [2.05, 4.69) is 36.5 Å². The second-order valence-electron chi connectivity index (χ2n) is 6.19. The first-order valence-electron chi connectivity index (χ1n) is 8.62. The van der Waals surface area contributed by atoms with Crippen LogP contribution in [0.2, 0.25) is 0 Å². The molecule has 0 unspecified atom stereocenters. The summed E-state index contributed by atoms with van der Waals surface area (Å²) >= 11 is 3.34. The van der Waals surface area contributed by atoms with Crippen LogP contribution in [0.5, 0.6) is 17.4 Å². The molecule has 0 saturated carbocycles. The van der Waals surface area contributed by atoms with Crippen LogP contribution in [-0.2, 0) is 9.59 Å². The largest absolute Gasteiger partial charge is 0.493 e. The number of ether oxygens (including phenoxy) is 2. The number of nitrogens with zero attached hydrogens (tertiary/aromatic N) is 2. The van der Waals surface area contributed by atoms with Crippen LogP contribution in [0.15, 0.2) is 57.2 Å². The van der Waals surface area contributed by atoms with E-state index in [4.69, 9.17) is 9.47 Å². The highest BCUT2D eigenvalue weighted by Gasteiger charge is 2.27. The van der Waals surface area contributed by atoms with Crippen molar-refractivity contribution in [1.29, 1.82) is 0 Å². The Morgan fingerprint density at radius 3 is 2.86 bits per heavy atom. The molecule has 0 spiro atoms. The van der Waals surface area contributed by atoms with Gasteiger partial charge in [-0.2, -0.15) is 0 Å². The third-order valence-electron chi connectivity index (χ3n) is 4.19. The van der Waals surface area contributed by atoms with Crippen LogP contribution in [0, 0.1) is 0 Å². The Hall–Kier alpha value is -3.40. The van der Waals surface area contributed by atoms with Crippen molar-refractivity contribution in [3.8, 4) is 17.4 Å². The fraction of sp³-hybridized carbons (Fsp3) is 0.158. The molecule has 0 bridgehead atoms. The number of halogens is 1. The van der Waals surface area contributed by atoms with Crippen molar-refractivity contribution >= 4 is 44.3 Å². The van der Waals surface area contributed by atoms with Gasteiger partial charge in [-0.15, -0.1) is 10.2 Å². The third kappa shape index (κ3) is 4.06. The maximum atomic E-state index is 12.2. The third-order valence-corrected chi connectivity index (χ3v) is 4.68. The highest BCUT2D eigenvalue weighted by atomic mass is 79.9. The number of carbonyl (C=O) groups is 2. The van der Waals surface area contributed by atoms with Gasteiger partial charge in [-0.3, -0.25) is 9.59 Å². The van der Waals surface area contributed by atoms with Crippen molar-refractivity contribution in [2.45, 2.75) is 6.10 Å². The van der Waals surface area contributed by atoms with Gasteiger partial charge >= 0.3 is 0 Å². The van der Waals surface area contributed by atoms with Gasteiger partial charge in [0.2, 0.25) is 12.0 Å². The van der Waals surface area contributed by atoms with Gasteiger partial charge in [0.25, 0.3) is 11.8 Å². The first-order chi connectivity index (χ1) is 14.0. The molecule has 148 valence electrons. The molecule has 0 fully saturated rings. The standard InChI is InChI=1S/C19H15BrN4O5/c20-10-5-6-12-11(7-10)17(19(27)22-12)24-23-16(25)8-21-18(26)15-9-28-13-3-1-2-4-14(13)29-15/h1-7,15,22,27H,8-9H2,(H,21,26)/t15-/m0/s1. The Bertz CT molecular complexity index is 1130. The van der Waals surface area contributed by atoms with Crippen LogP contribution in [0.4, 0.5) is 5.69 Å². The predicted molar refractivity (Wildman–Crippen MR) is 107 cm³/mol. The van der Waals surface area contributed by atoms with Crippen LogP contribution in [0.25, 0.3) is 10.9 Å². The predicted octanol–water partition coefficient (Wildman–Crippen LogP) is 3.20. The highest BCUT2D eigenvalue weighted by molar-refractivity contribution is 9.10. The van der Waals surface area contributed by atoms with E-state index in [0.717, 1.165) is 4.47 Å². The number of benzene rings is 2. The number of carbonyl (C=O) groups excluding carboxylic acids is 2. The minimum Gasteiger partial charge on any atom is -0.493 e. The molecule has 4 rings (SSSR count). The van der Waals surface area contributed by atoms with Gasteiger partial charge in [-0.05, 0) is 30.3 Å². The lowest BCUT2D eigenvalue weighted by atomic mass is 10.2. The van der Waals surface area contributed by atoms with Crippen LogP contribution in [0.1, 0.15) is 0 Å². The zero-order valence-corrected chi connectivity index (χ0v) is 16.5. The van der Waals surface area contributed by atoms with Crippen molar-refractivity contribution in [3.63, 3.8) is 0 Å². The summed E-state index contributed by atoms with van der Waals surface area (Å²) in [6, 6.07) is 12.3. The molecule has 1 aliphatic heterocycles. The summed E-state index contributed by atoms with van der Waals surface area (Å²) in [6.45, 7) is -0.326. The zero-order valence-electron chi connectivity index (χ0n) is 14.9. The minimum atomic E-state index is -0.871. The van der Waals surface area contributed by atoms with Gasteiger partial charge in [-0.1, -0.05) is 28.1 Å². The van der Waals surface area contributed by atoms with Crippen molar-refractivity contribution in [2.24, 2.45) is 10.2 Å². The van der Waals surface area contributed by atoms with Gasteiger partial charge in [0.1, 0.15) is 13.2 Å². The van der Waals surface area contributed by atoms with Crippen molar-refractivity contribution in [3.05, 3.63) is 46.9 Å². The highest BCUT2D eigenvalue weighted by Crippen LogP contribution is 2.36. The normalized spacial score (nSPS) is 15.6. The number of amides is 2. The number of para-hydroxylation sites is 2. The number of H-pyrrole nitrogens is 1. The molecule has 29 heavy (non-hydrogen) atoms. The molecule has 3 N–H and O–H groups in total. The van der Waals surface area contributed by atoms with Gasteiger partial charge in [0, 0.05) is 9.86 Å². The Morgan fingerprint density at radius 2 is 2.03 bits per heavy atom. The van der Waals surface area contributed by atoms with Gasteiger partial charge in [0.05, 0.1) is 5.52 Å². The fourth-order valence-electron chi connectivity index (χ4n) is 2.80. The number of hydrogen-bond donors (Lipinski definition) is 3. The molecule has 1 atom stereocenters. The van der Waals surface area contributed by atoms with E-state index in [1.807, 2.05) is 0 Å². The van der Waals surface area contributed by atoms with Gasteiger partial charge in [0.15, 0.2) is 17.2 Å². The van der Waals surface area contributed by atoms with Crippen LogP contribution in [-0.4, -0.2) is 41.2 Å². The molecule has 2 aromatic carbocycles. The average Bonchev–Trinajstić information content (AvgIpc) is 3.04. The number of fused-ring (bicyclic) bond motifs is 2. The first kappa shape index (κ1) is 18.9. The lowest BCUT2D eigenvalue weighted by Crippen LogP contribution is -2.45. The number of rotatable bonds is 4. The van der Waals surface area contributed by atoms with Crippen LogP contribution < -0.4 is 14.8 Å². The minimum absolute atomic E-state index is 0.0383. The van der Waals surface area contributed by atoms with Crippen molar-refractivity contribution in [1.82, 2.24) is 10.3 Å².